The predicted octanol–water partition coefficient (Wildman–Crippen LogP) is 5.28. The van der Waals surface area contributed by atoms with Gasteiger partial charge in [-0.15, -0.1) is 0 Å². The summed E-state index contributed by atoms with van der Waals surface area (Å²) in [6, 6.07) is 15.4. The lowest BCUT2D eigenvalue weighted by atomic mass is 10.0. The first-order valence-electron chi connectivity index (χ1n) is 6.72. The lowest BCUT2D eigenvalue weighted by molar-refractivity contribution is 0.495. The van der Waals surface area contributed by atoms with E-state index in [1.807, 2.05) is 36.4 Å². The second-order valence-electron chi connectivity index (χ2n) is 5.01. The van der Waals surface area contributed by atoms with E-state index in [1.54, 1.807) is 6.07 Å². The second kappa shape index (κ2) is 6.95. The summed E-state index contributed by atoms with van der Waals surface area (Å²) in [5, 5.41) is 13.7. The van der Waals surface area contributed by atoms with Crippen LogP contribution in [0.4, 0.5) is 0 Å². The zero-order valence-electron chi connectivity index (χ0n) is 11.9. The van der Waals surface area contributed by atoms with Crippen LogP contribution in [0, 0.1) is 11.3 Å². The molecule has 0 fully saturated rings. The highest BCUT2D eigenvalue weighted by molar-refractivity contribution is 6.33. The van der Waals surface area contributed by atoms with Crippen molar-refractivity contribution >= 4 is 23.2 Å². The van der Waals surface area contributed by atoms with Gasteiger partial charge in [0.2, 0.25) is 0 Å². The van der Waals surface area contributed by atoms with E-state index in [0.29, 0.717) is 15.6 Å². The van der Waals surface area contributed by atoms with Gasteiger partial charge in [-0.25, -0.2) is 0 Å². The van der Waals surface area contributed by atoms with Gasteiger partial charge in [-0.1, -0.05) is 35.3 Å². The number of rotatable bonds is 4. The maximum absolute atomic E-state index is 8.82. The molecule has 0 bridgehead atoms. The van der Waals surface area contributed by atoms with Crippen LogP contribution in [0.3, 0.4) is 0 Å². The minimum atomic E-state index is 0.0712. The van der Waals surface area contributed by atoms with Crippen molar-refractivity contribution in [3.63, 3.8) is 0 Å². The van der Waals surface area contributed by atoms with Gasteiger partial charge < -0.3 is 5.32 Å². The number of benzene rings is 2. The monoisotopic (exact) mass is 318 g/mol. The average Bonchev–Trinajstić information content (AvgIpc) is 2.49. The van der Waals surface area contributed by atoms with Gasteiger partial charge in [0, 0.05) is 22.1 Å². The molecule has 0 saturated carbocycles. The highest BCUT2D eigenvalue weighted by Crippen LogP contribution is 2.28. The highest BCUT2D eigenvalue weighted by atomic mass is 35.5. The van der Waals surface area contributed by atoms with Crippen molar-refractivity contribution in [1.82, 2.24) is 5.32 Å². The van der Waals surface area contributed by atoms with Crippen LogP contribution in [0.15, 0.2) is 42.5 Å². The molecule has 2 aromatic carbocycles. The van der Waals surface area contributed by atoms with Crippen LogP contribution in [0.1, 0.15) is 42.6 Å². The van der Waals surface area contributed by atoms with E-state index in [0.717, 1.165) is 11.1 Å². The molecule has 0 heterocycles. The Morgan fingerprint density at radius 2 is 1.67 bits per heavy atom. The van der Waals surface area contributed by atoms with Crippen molar-refractivity contribution in [3.8, 4) is 6.07 Å². The van der Waals surface area contributed by atoms with Crippen LogP contribution < -0.4 is 5.32 Å². The van der Waals surface area contributed by atoms with Gasteiger partial charge in [0.1, 0.15) is 0 Å². The highest BCUT2D eigenvalue weighted by Gasteiger charge is 2.14. The summed E-state index contributed by atoms with van der Waals surface area (Å²) >= 11 is 12.3. The molecule has 2 rings (SSSR count). The first-order chi connectivity index (χ1) is 10.0. The van der Waals surface area contributed by atoms with E-state index in [4.69, 9.17) is 28.5 Å². The first-order valence-corrected chi connectivity index (χ1v) is 7.48. The summed E-state index contributed by atoms with van der Waals surface area (Å²) in [7, 11) is 0. The Hall–Kier alpha value is -1.53. The van der Waals surface area contributed by atoms with Crippen molar-refractivity contribution in [2.45, 2.75) is 25.9 Å². The Morgan fingerprint density at radius 3 is 2.29 bits per heavy atom. The van der Waals surface area contributed by atoms with Crippen LogP contribution >= 0.6 is 23.2 Å². The summed E-state index contributed by atoms with van der Waals surface area (Å²) in [6.45, 7) is 4.13. The smallest absolute Gasteiger partial charge is 0.0991 e. The lowest BCUT2D eigenvalue weighted by Crippen LogP contribution is -2.22. The molecule has 0 aliphatic heterocycles. The molecule has 0 saturated heterocycles. The molecule has 4 heteroatoms. The van der Waals surface area contributed by atoms with Crippen LogP contribution in [-0.2, 0) is 0 Å². The summed E-state index contributed by atoms with van der Waals surface area (Å²) in [5.74, 6) is 0. The van der Waals surface area contributed by atoms with Gasteiger partial charge in [0.25, 0.3) is 0 Å². The topological polar surface area (TPSA) is 35.8 Å². The zero-order chi connectivity index (χ0) is 15.4. The quantitative estimate of drug-likeness (QED) is 0.832. The van der Waals surface area contributed by atoms with Crippen LogP contribution in [0.5, 0.6) is 0 Å². The zero-order valence-corrected chi connectivity index (χ0v) is 13.4. The van der Waals surface area contributed by atoms with Crippen molar-refractivity contribution in [2.24, 2.45) is 0 Å². The van der Waals surface area contributed by atoms with E-state index < -0.39 is 0 Å². The summed E-state index contributed by atoms with van der Waals surface area (Å²) < 4.78 is 0. The van der Waals surface area contributed by atoms with E-state index in [-0.39, 0.29) is 12.1 Å². The predicted molar refractivity (Wildman–Crippen MR) is 87.6 cm³/mol. The molecule has 0 aliphatic carbocycles. The van der Waals surface area contributed by atoms with Crippen molar-refractivity contribution in [3.05, 3.63) is 69.2 Å². The summed E-state index contributed by atoms with van der Waals surface area (Å²) in [6.07, 6.45) is 0. The molecule has 108 valence electrons. The minimum Gasteiger partial charge on any atom is -0.304 e. The Balaban J connectivity index is 2.12. The molecule has 2 nitrogen and oxygen atoms in total. The Kier molecular flexibility index (Phi) is 5.25. The number of hydrogen-bond donors (Lipinski definition) is 1. The lowest BCUT2D eigenvalue weighted by Gasteiger charge is -2.22. The number of nitrogens with one attached hydrogen (secondary N) is 1. The maximum Gasteiger partial charge on any atom is 0.0991 e. The second-order valence-corrected chi connectivity index (χ2v) is 5.85. The van der Waals surface area contributed by atoms with Gasteiger partial charge in [-0.2, -0.15) is 5.26 Å². The third kappa shape index (κ3) is 3.98. The molecule has 0 amide bonds. The number of nitrogens with zero attached hydrogens (tertiary/aromatic N) is 1. The van der Waals surface area contributed by atoms with Crippen molar-refractivity contribution < 1.29 is 0 Å². The Morgan fingerprint density at radius 1 is 1.00 bits per heavy atom. The Bertz CT molecular complexity index is 659. The first kappa shape index (κ1) is 15.9. The fraction of sp³-hybridized carbons (Fsp3) is 0.235. The van der Waals surface area contributed by atoms with Gasteiger partial charge >= 0.3 is 0 Å². The SMILES string of the molecule is CC(NC(C)c1cc(Cl)ccc1Cl)c1ccc(C#N)cc1. The largest absolute Gasteiger partial charge is 0.304 e. The molecule has 1 N–H and O–H groups in total. The average molecular weight is 319 g/mol. The standard InChI is InChI=1S/C17H16Cl2N2/c1-11(14-5-3-13(10-20)4-6-14)21-12(2)16-9-15(18)7-8-17(16)19/h3-9,11-12,21H,1-2H3. The molecule has 2 atom stereocenters. The molecule has 2 aromatic rings. The van der Waals surface area contributed by atoms with Crippen LogP contribution in [0.2, 0.25) is 10.0 Å². The van der Waals surface area contributed by atoms with Gasteiger partial charge in [0.05, 0.1) is 11.6 Å². The van der Waals surface area contributed by atoms with Crippen molar-refractivity contribution in [2.75, 3.05) is 0 Å². The normalized spacial score (nSPS) is 13.5. The summed E-state index contributed by atoms with van der Waals surface area (Å²) in [5.41, 5.74) is 2.76. The van der Waals surface area contributed by atoms with Crippen molar-refractivity contribution in [1.29, 1.82) is 5.26 Å². The molecule has 0 radical (unpaired) electrons. The van der Waals surface area contributed by atoms with Gasteiger partial charge in [-0.05, 0) is 55.3 Å². The molecular formula is C17H16Cl2N2. The van der Waals surface area contributed by atoms with E-state index in [2.05, 4.69) is 25.2 Å². The molecule has 0 spiro atoms. The molecule has 0 aromatic heterocycles. The third-order valence-corrected chi connectivity index (χ3v) is 4.04. The molecule has 21 heavy (non-hydrogen) atoms. The van der Waals surface area contributed by atoms with E-state index in [1.165, 1.54) is 0 Å². The summed E-state index contributed by atoms with van der Waals surface area (Å²) in [4.78, 5) is 0. The fourth-order valence-corrected chi connectivity index (χ4v) is 2.72. The van der Waals surface area contributed by atoms with Crippen LogP contribution in [0.25, 0.3) is 0 Å². The van der Waals surface area contributed by atoms with E-state index >= 15 is 0 Å². The number of halogens is 2. The maximum atomic E-state index is 8.82. The number of nitriles is 1. The Labute approximate surface area is 135 Å². The molecule has 2 unspecified atom stereocenters. The van der Waals surface area contributed by atoms with Gasteiger partial charge in [-0.3, -0.25) is 0 Å². The fourth-order valence-electron chi connectivity index (χ4n) is 2.25. The minimum absolute atomic E-state index is 0.0712. The third-order valence-electron chi connectivity index (χ3n) is 3.46. The van der Waals surface area contributed by atoms with Gasteiger partial charge in [0.15, 0.2) is 0 Å². The molecule has 0 aliphatic rings. The van der Waals surface area contributed by atoms with Crippen LogP contribution in [-0.4, -0.2) is 0 Å². The van der Waals surface area contributed by atoms with E-state index in [9.17, 15) is 0 Å². The number of hydrogen-bond acceptors (Lipinski definition) is 2. The molecular weight excluding hydrogens is 303 g/mol.